The van der Waals surface area contributed by atoms with Gasteiger partial charge in [0.2, 0.25) is 0 Å². The Labute approximate surface area is 204 Å². The number of benzene rings is 2. The molecule has 1 aliphatic heterocycles. The molecule has 2 heterocycles. The number of halogens is 3. The molecule has 0 bridgehead atoms. The van der Waals surface area contributed by atoms with Crippen LogP contribution in [0, 0.1) is 0 Å². The van der Waals surface area contributed by atoms with Crippen LogP contribution in [0.1, 0.15) is 28.4 Å². The summed E-state index contributed by atoms with van der Waals surface area (Å²) in [6.45, 7) is 0.534. The van der Waals surface area contributed by atoms with Crippen molar-refractivity contribution >= 4 is 57.3 Å². The van der Waals surface area contributed by atoms with Crippen LogP contribution in [0.4, 0.5) is 5.69 Å². The fraction of sp³-hybridized carbons (Fsp3) is 0.174. The number of hydrogen-bond donors (Lipinski definition) is 2. The van der Waals surface area contributed by atoms with E-state index in [4.69, 9.17) is 23.2 Å². The van der Waals surface area contributed by atoms with Gasteiger partial charge >= 0.3 is 0 Å². The van der Waals surface area contributed by atoms with Crippen LogP contribution in [-0.2, 0) is 11.2 Å². The van der Waals surface area contributed by atoms with E-state index in [-0.39, 0.29) is 0 Å². The van der Waals surface area contributed by atoms with E-state index in [1.807, 2.05) is 30.3 Å². The number of aromatic nitrogens is 1. The maximum absolute atomic E-state index is 11.4. The predicted molar refractivity (Wildman–Crippen MR) is 131 cm³/mol. The highest BCUT2D eigenvalue weighted by atomic mass is 79.9. The highest BCUT2D eigenvalue weighted by Crippen LogP contribution is 2.34. The Bertz CT molecular complexity index is 1120. The Balaban J connectivity index is 1.52. The molecule has 2 aromatic carbocycles. The summed E-state index contributed by atoms with van der Waals surface area (Å²) in [5.41, 5.74) is 4.10. The second-order valence-electron chi connectivity index (χ2n) is 7.25. The van der Waals surface area contributed by atoms with Gasteiger partial charge in [0.15, 0.2) is 12.5 Å². The number of aliphatic hydroxyl groups excluding tert-OH is 1. The van der Waals surface area contributed by atoms with E-state index < -0.39 is 12.3 Å². The van der Waals surface area contributed by atoms with Crippen molar-refractivity contribution in [1.82, 2.24) is 10.3 Å². The summed E-state index contributed by atoms with van der Waals surface area (Å²) in [5, 5.41) is 20.5. The normalized spacial score (nSPS) is 16.8. The predicted octanol–water partition coefficient (Wildman–Crippen LogP) is 4.74. The van der Waals surface area contributed by atoms with Gasteiger partial charge in [-0.2, -0.15) is 5.10 Å². The van der Waals surface area contributed by atoms with Crippen LogP contribution in [0.25, 0.3) is 0 Å². The fourth-order valence-corrected chi connectivity index (χ4v) is 4.54. The second-order valence-corrected chi connectivity index (χ2v) is 8.90. The maximum Gasteiger partial charge on any atom is 0.159 e. The first kappa shape index (κ1) is 22.9. The van der Waals surface area contributed by atoms with Crippen LogP contribution >= 0.6 is 39.1 Å². The van der Waals surface area contributed by atoms with Crippen LogP contribution in [-0.4, -0.2) is 35.3 Å². The molecule has 6 nitrogen and oxygen atoms in total. The van der Waals surface area contributed by atoms with Gasteiger partial charge in [-0.1, -0.05) is 69.5 Å². The molecule has 32 heavy (non-hydrogen) atoms. The van der Waals surface area contributed by atoms with Gasteiger partial charge in [0.1, 0.15) is 11.3 Å². The van der Waals surface area contributed by atoms with Crippen molar-refractivity contribution in [1.29, 1.82) is 0 Å². The highest BCUT2D eigenvalue weighted by Gasteiger charge is 2.22. The summed E-state index contributed by atoms with van der Waals surface area (Å²) < 4.78 is 0.821. The van der Waals surface area contributed by atoms with Gasteiger partial charge in [-0.25, -0.2) is 9.99 Å². The van der Waals surface area contributed by atoms with Crippen LogP contribution in [0.3, 0.4) is 0 Å². The largest absolute Gasteiger partial charge is 0.384 e. The van der Waals surface area contributed by atoms with Gasteiger partial charge in [-0.15, -0.1) is 0 Å². The third-order valence-electron chi connectivity index (χ3n) is 5.15. The molecule has 2 N–H and O–H groups in total. The van der Waals surface area contributed by atoms with Gasteiger partial charge in [-0.3, -0.25) is 10.1 Å². The lowest BCUT2D eigenvalue weighted by Gasteiger charge is -2.29. The topological polar surface area (TPSA) is 77.8 Å². The van der Waals surface area contributed by atoms with Crippen LogP contribution < -0.4 is 10.3 Å². The van der Waals surface area contributed by atoms with Gasteiger partial charge in [0, 0.05) is 40.4 Å². The Morgan fingerprint density at radius 2 is 1.94 bits per heavy atom. The van der Waals surface area contributed by atoms with Crippen molar-refractivity contribution in [3.63, 3.8) is 0 Å². The van der Waals surface area contributed by atoms with E-state index in [1.54, 1.807) is 35.6 Å². The fourth-order valence-electron chi connectivity index (χ4n) is 3.45. The molecule has 0 saturated carbocycles. The molecule has 2 unspecified atom stereocenters. The SMILES string of the molecule is O=CC1NCC=NN1c1cc(Cl)c(Cc2ccc(C(O)c3ccc(Cl)nc3)cc2)c(Br)c1. The molecular formula is C23H19BrCl2N4O2. The molecule has 0 saturated heterocycles. The molecule has 4 rings (SSSR count). The lowest BCUT2D eigenvalue weighted by atomic mass is 9.99. The Morgan fingerprint density at radius 1 is 1.19 bits per heavy atom. The Morgan fingerprint density at radius 3 is 2.59 bits per heavy atom. The van der Waals surface area contributed by atoms with Crippen molar-refractivity contribution < 1.29 is 9.90 Å². The average molecular weight is 534 g/mol. The molecule has 0 fully saturated rings. The first-order valence-electron chi connectivity index (χ1n) is 9.83. The summed E-state index contributed by atoms with van der Waals surface area (Å²) in [5.74, 6) is 0. The van der Waals surface area contributed by atoms with E-state index in [0.717, 1.165) is 27.4 Å². The minimum atomic E-state index is -0.784. The molecule has 9 heteroatoms. The monoisotopic (exact) mass is 532 g/mol. The molecule has 0 spiro atoms. The standard InChI is InChI=1S/C23H19BrCl2N4O2/c24-19-10-17(30-22(13-31)27-7-8-29-30)11-20(25)18(19)9-14-1-3-15(4-2-14)23(32)16-5-6-21(26)28-12-16/h1-6,8,10-13,22-23,27,32H,7,9H2. The first-order chi connectivity index (χ1) is 15.5. The molecule has 3 aromatic rings. The number of hydrazone groups is 1. The van der Waals surface area contributed by atoms with Crippen LogP contribution in [0.2, 0.25) is 10.2 Å². The molecule has 2 atom stereocenters. The van der Waals surface area contributed by atoms with Crippen molar-refractivity contribution in [2.24, 2.45) is 5.10 Å². The quantitative estimate of drug-likeness (QED) is 0.353. The smallest absolute Gasteiger partial charge is 0.159 e. The number of carbonyl (C=O) groups excluding carboxylic acids is 1. The third kappa shape index (κ3) is 5.03. The summed E-state index contributed by atoms with van der Waals surface area (Å²) in [4.78, 5) is 15.4. The Hall–Kier alpha value is -2.29. The van der Waals surface area contributed by atoms with E-state index in [2.05, 4.69) is 31.3 Å². The maximum atomic E-state index is 11.4. The zero-order chi connectivity index (χ0) is 22.7. The number of rotatable bonds is 6. The molecule has 0 amide bonds. The number of hydrogen-bond acceptors (Lipinski definition) is 6. The number of anilines is 1. The van der Waals surface area contributed by atoms with E-state index in [1.165, 1.54) is 0 Å². The van der Waals surface area contributed by atoms with Crippen molar-refractivity contribution in [2.45, 2.75) is 18.7 Å². The van der Waals surface area contributed by atoms with Crippen LogP contribution in [0.5, 0.6) is 0 Å². The van der Waals surface area contributed by atoms with Crippen LogP contribution in [0.15, 0.2) is 64.3 Å². The third-order valence-corrected chi connectivity index (χ3v) is 6.42. The number of carbonyl (C=O) groups is 1. The number of aliphatic hydroxyl groups is 1. The zero-order valence-electron chi connectivity index (χ0n) is 16.8. The number of pyridine rings is 1. The van der Waals surface area contributed by atoms with Gasteiger partial charge in [0.25, 0.3) is 0 Å². The summed E-state index contributed by atoms with van der Waals surface area (Å²) in [6, 6.07) is 14.8. The van der Waals surface area contributed by atoms with E-state index >= 15 is 0 Å². The zero-order valence-corrected chi connectivity index (χ0v) is 19.8. The molecule has 1 aliphatic rings. The summed E-state index contributed by atoms with van der Waals surface area (Å²) in [7, 11) is 0. The van der Waals surface area contributed by atoms with E-state index in [9.17, 15) is 9.90 Å². The number of nitrogens with zero attached hydrogens (tertiary/aromatic N) is 3. The minimum Gasteiger partial charge on any atom is -0.384 e. The van der Waals surface area contributed by atoms with Crippen molar-refractivity contribution in [3.8, 4) is 0 Å². The first-order valence-corrected chi connectivity index (χ1v) is 11.4. The second kappa shape index (κ2) is 10.1. The van der Waals surface area contributed by atoms with Crippen molar-refractivity contribution in [3.05, 3.63) is 91.6 Å². The Kier molecular flexibility index (Phi) is 7.23. The lowest BCUT2D eigenvalue weighted by molar-refractivity contribution is -0.109. The van der Waals surface area contributed by atoms with Gasteiger partial charge in [0.05, 0.1) is 5.69 Å². The molecule has 0 radical (unpaired) electrons. The van der Waals surface area contributed by atoms with E-state index in [0.29, 0.717) is 34.4 Å². The molecule has 0 aliphatic carbocycles. The average Bonchev–Trinajstić information content (AvgIpc) is 2.81. The summed E-state index contributed by atoms with van der Waals surface area (Å²) >= 11 is 16.0. The number of aldehydes is 1. The highest BCUT2D eigenvalue weighted by molar-refractivity contribution is 9.10. The van der Waals surface area contributed by atoms with Gasteiger partial charge in [-0.05, 0) is 34.9 Å². The molecule has 1 aromatic heterocycles. The lowest BCUT2D eigenvalue weighted by Crippen LogP contribution is -2.48. The molecule has 164 valence electrons. The number of nitrogens with one attached hydrogen (secondary N) is 1. The van der Waals surface area contributed by atoms with Crippen molar-refractivity contribution in [2.75, 3.05) is 11.6 Å². The van der Waals surface area contributed by atoms with Gasteiger partial charge < -0.3 is 5.11 Å². The molecular weight excluding hydrogens is 515 g/mol. The summed E-state index contributed by atoms with van der Waals surface area (Å²) in [6.07, 6.45) is 3.35. The minimum absolute atomic E-state index is 0.384.